The zero-order valence-corrected chi connectivity index (χ0v) is 10.9. The van der Waals surface area contributed by atoms with Crippen LogP contribution in [-0.4, -0.2) is 5.91 Å². The fraction of sp³-hybridized carbons (Fsp3) is 0.125. The molecule has 2 aromatic rings. The van der Waals surface area contributed by atoms with Crippen molar-refractivity contribution >= 4 is 11.6 Å². The number of aryl methyl sites for hydroxylation is 2. The Morgan fingerprint density at radius 3 is 2.37 bits per heavy atom. The predicted octanol–water partition coefficient (Wildman–Crippen LogP) is 3.43. The molecular weight excluding hydrogens is 236 g/mol. The highest BCUT2D eigenvalue weighted by Gasteiger charge is 2.09. The van der Waals surface area contributed by atoms with Gasteiger partial charge in [-0.3, -0.25) is 4.79 Å². The summed E-state index contributed by atoms with van der Waals surface area (Å²) in [5.74, 6) is -0.200. The molecule has 0 radical (unpaired) electrons. The number of carbonyl (C=O) groups excluding carboxylic acids is 1. The van der Waals surface area contributed by atoms with E-state index in [0.717, 1.165) is 16.8 Å². The number of hydrogen-bond acceptors (Lipinski definition) is 2. The number of benzene rings is 2. The zero-order valence-electron chi connectivity index (χ0n) is 10.9. The number of para-hydroxylation sites is 1. The Morgan fingerprint density at radius 1 is 1.11 bits per heavy atom. The van der Waals surface area contributed by atoms with Crippen LogP contribution >= 0.6 is 0 Å². The van der Waals surface area contributed by atoms with Crippen LogP contribution in [0.1, 0.15) is 27.0 Å². The van der Waals surface area contributed by atoms with Crippen LogP contribution in [0.15, 0.2) is 42.5 Å². The van der Waals surface area contributed by atoms with Crippen LogP contribution < -0.4 is 5.32 Å². The number of carbonyl (C=O) groups is 1. The molecule has 0 fully saturated rings. The molecule has 2 aromatic carbocycles. The van der Waals surface area contributed by atoms with E-state index in [-0.39, 0.29) is 5.91 Å². The van der Waals surface area contributed by atoms with Crippen LogP contribution in [0.2, 0.25) is 0 Å². The number of hydrogen-bond donors (Lipinski definition) is 1. The molecule has 3 nitrogen and oxygen atoms in total. The van der Waals surface area contributed by atoms with Gasteiger partial charge in [-0.25, -0.2) is 0 Å². The molecule has 0 unspecified atom stereocenters. The van der Waals surface area contributed by atoms with Crippen molar-refractivity contribution in [1.82, 2.24) is 0 Å². The van der Waals surface area contributed by atoms with Gasteiger partial charge in [-0.2, -0.15) is 5.26 Å². The zero-order chi connectivity index (χ0) is 13.8. The Balaban J connectivity index is 2.29. The van der Waals surface area contributed by atoms with Gasteiger partial charge in [-0.1, -0.05) is 24.3 Å². The molecule has 0 bridgehead atoms. The van der Waals surface area contributed by atoms with Crippen LogP contribution in [0, 0.1) is 25.2 Å². The van der Waals surface area contributed by atoms with Crippen molar-refractivity contribution < 1.29 is 4.79 Å². The molecule has 0 aliphatic rings. The molecule has 0 aromatic heterocycles. The van der Waals surface area contributed by atoms with Crippen molar-refractivity contribution in [3.05, 3.63) is 64.7 Å². The molecule has 0 aliphatic carbocycles. The Labute approximate surface area is 112 Å². The third kappa shape index (κ3) is 2.80. The molecule has 0 heterocycles. The third-order valence-electron chi connectivity index (χ3n) is 2.97. The van der Waals surface area contributed by atoms with E-state index < -0.39 is 0 Å². The highest BCUT2D eigenvalue weighted by molar-refractivity contribution is 6.05. The van der Waals surface area contributed by atoms with E-state index in [2.05, 4.69) is 5.32 Å². The molecule has 1 amide bonds. The second kappa shape index (κ2) is 5.36. The minimum absolute atomic E-state index is 0.200. The maximum atomic E-state index is 12.2. The molecule has 2 rings (SSSR count). The van der Waals surface area contributed by atoms with Gasteiger partial charge >= 0.3 is 0 Å². The average Bonchev–Trinajstić information content (AvgIpc) is 2.43. The molecule has 94 valence electrons. The molecule has 0 aliphatic heterocycles. The van der Waals surface area contributed by atoms with Crippen molar-refractivity contribution in [1.29, 1.82) is 5.26 Å². The number of anilines is 1. The fourth-order valence-electron chi connectivity index (χ4n) is 1.93. The van der Waals surface area contributed by atoms with Crippen LogP contribution in [-0.2, 0) is 0 Å². The van der Waals surface area contributed by atoms with Crippen molar-refractivity contribution in [2.24, 2.45) is 0 Å². The van der Waals surface area contributed by atoms with E-state index in [0.29, 0.717) is 11.1 Å². The van der Waals surface area contributed by atoms with E-state index in [1.807, 2.05) is 38.1 Å². The van der Waals surface area contributed by atoms with E-state index in [1.165, 1.54) is 0 Å². The quantitative estimate of drug-likeness (QED) is 0.887. The lowest BCUT2D eigenvalue weighted by Gasteiger charge is -2.11. The van der Waals surface area contributed by atoms with Gasteiger partial charge in [0, 0.05) is 11.3 Å². The Hall–Kier alpha value is -2.60. The fourth-order valence-corrected chi connectivity index (χ4v) is 1.93. The second-order valence-corrected chi connectivity index (χ2v) is 4.41. The summed E-state index contributed by atoms with van der Waals surface area (Å²) >= 11 is 0. The number of nitrogens with zero attached hydrogens (tertiary/aromatic N) is 1. The summed E-state index contributed by atoms with van der Waals surface area (Å²) in [6.45, 7) is 3.91. The van der Waals surface area contributed by atoms with Crippen molar-refractivity contribution in [2.75, 3.05) is 5.32 Å². The van der Waals surface area contributed by atoms with Gasteiger partial charge in [0.2, 0.25) is 0 Å². The van der Waals surface area contributed by atoms with Gasteiger partial charge < -0.3 is 5.32 Å². The van der Waals surface area contributed by atoms with E-state index in [1.54, 1.807) is 24.3 Å². The maximum absolute atomic E-state index is 12.2. The smallest absolute Gasteiger partial charge is 0.255 e. The van der Waals surface area contributed by atoms with Crippen molar-refractivity contribution in [3.8, 4) is 6.07 Å². The van der Waals surface area contributed by atoms with Gasteiger partial charge in [-0.15, -0.1) is 0 Å². The summed E-state index contributed by atoms with van der Waals surface area (Å²) in [5, 5.41) is 11.7. The number of nitriles is 1. The average molecular weight is 250 g/mol. The van der Waals surface area contributed by atoms with Crippen LogP contribution in [0.3, 0.4) is 0 Å². The highest BCUT2D eigenvalue weighted by atomic mass is 16.1. The molecule has 19 heavy (non-hydrogen) atoms. The highest BCUT2D eigenvalue weighted by Crippen LogP contribution is 2.20. The second-order valence-electron chi connectivity index (χ2n) is 4.41. The van der Waals surface area contributed by atoms with Gasteiger partial charge in [0.05, 0.1) is 11.6 Å². The van der Waals surface area contributed by atoms with Gasteiger partial charge in [0.1, 0.15) is 0 Å². The lowest BCUT2D eigenvalue weighted by Crippen LogP contribution is -2.13. The van der Waals surface area contributed by atoms with Crippen LogP contribution in [0.4, 0.5) is 5.69 Å². The minimum atomic E-state index is -0.200. The van der Waals surface area contributed by atoms with Crippen LogP contribution in [0.5, 0.6) is 0 Å². The molecule has 3 heteroatoms. The first-order chi connectivity index (χ1) is 9.11. The number of rotatable bonds is 2. The topological polar surface area (TPSA) is 52.9 Å². The maximum Gasteiger partial charge on any atom is 0.255 e. The summed E-state index contributed by atoms with van der Waals surface area (Å²) < 4.78 is 0. The summed E-state index contributed by atoms with van der Waals surface area (Å²) in [6.07, 6.45) is 0. The van der Waals surface area contributed by atoms with Gasteiger partial charge in [-0.05, 0) is 43.2 Å². The van der Waals surface area contributed by atoms with Crippen LogP contribution in [0.25, 0.3) is 0 Å². The normalized spacial score (nSPS) is 9.74. The SMILES string of the molecule is Cc1cccc(C)c1NC(=O)c1cccc(C#N)c1. The first-order valence-electron chi connectivity index (χ1n) is 5.99. The number of nitrogens with one attached hydrogen (secondary N) is 1. The molecule has 0 saturated heterocycles. The standard InChI is InChI=1S/C16H14N2O/c1-11-5-3-6-12(2)15(11)18-16(19)14-8-4-7-13(9-14)10-17/h3-9H,1-2H3,(H,18,19). The molecule has 1 N–H and O–H groups in total. The monoisotopic (exact) mass is 250 g/mol. The predicted molar refractivity (Wildman–Crippen MR) is 75.0 cm³/mol. The first kappa shape index (κ1) is 12.8. The van der Waals surface area contributed by atoms with E-state index in [4.69, 9.17) is 5.26 Å². The summed E-state index contributed by atoms with van der Waals surface area (Å²) in [4.78, 5) is 12.2. The van der Waals surface area contributed by atoms with E-state index >= 15 is 0 Å². The van der Waals surface area contributed by atoms with Crippen molar-refractivity contribution in [2.45, 2.75) is 13.8 Å². The summed E-state index contributed by atoms with van der Waals surface area (Å²) in [5.41, 5.74) is 3.83. The third-order valence-corrected chi connectivity index (χ3v) is 2.97. The van der Waals surface area contributed by atoms with Gasteiger partial charge in [0.25, 0.3) is 5.91 Å². The van der Waals surface area contributed by atoms with Crippen molar-refractivity contribution in [3.63, 3.8) is 0 Å². The largest absolute Gasteiger partial charge is 0.322 e. The summed E-state index contributed by atoms with van der Waals surface area (Å²) in [7, 11) is 0. The molecular formula is C16H14N2O. The molecule has 0 spiro atoms. The Bertz CT molecular complexity index is 648. The molecule has 0 saturated carbocycles. The minimum Gasteiger partial charge on any atom is -0.322 e. The summed E-state index contributed by atoms with van der Waals surface area (Å²) in [6, 6.07) is 14.6. The first-order valence-corrected chi connectivity index (χ1v) is 5.99. The lowest BCUT2D eigenvalue weighted by atomic mass is 10.1. The molecule has 0 atom stereocenters. The Kier molecular flexibility index (Phi) is 3.63. The van der Waals surface area contributed by atoms with Gasteiger partial charge in [0.15, 0.2) is 0 Å². The lowest BCUT2D eigenvalue weighted by molar-refractivity contribution is 0.102. The van der Waals surface area contributed by atoms with E-state index in [9.17, 15) is 4.79 Å². The number of amides is 1. The Morgan fingerprint density at radius 2 is 1.74 bits per heavy atom.